The van der Waals surface area contributed by atoms with Gasteiger partial charge in [0.2, 0.25) is 5.78 Å². The topological polar surface area (TPSA) is 92.8 Å². The van der Waals surface area contributed by atoms with Gasteiger partial charge in [0, 0.05) is 31.1 Å². The number of rotatable bonds is 16. The zero-order valence-electron chi connectivity index (χ0n) is 50.0. The molecule has 0 unspecified atom stereocenters. The number of ketones is 1. The van der Waals surface area contributed by atoms with Crippen LogP contribution >= 0.6 is 0 Å². The fourth-order valence-electron chi connectivity index (χ4n) is 12.1. The number of Topliss-reactive ketones (excluding diaryl/α,β-unsaturated/α-hetero) is 1. The Morgan fingerprint density at radius 3 is 1.97 bits per heavy atom. The molecule has 68 heavy (non-hydrogen) atoms. The molecule has 1 amide bonds. The maximum absolute atomic E-state index is 14.3. The molecular formula is C56H103NO8Si3. The number of fused-ring (bicyclic) bond motifs is 3. The van der Waals surface area contributed by atoms with Gasteiger partial charge < -0.3 is 27.5 Å². The fraction of sp³-hybridized carbons (Fsp3) is 0.893. The molecule has 4 aliphatic rings. The minimum absolute atomic E-state index is 0.0357. The number of amides is 1. The van der Waals surface area contributed by atoms with Gasteiger partial charge in [-0.3, -0.25) is 9.69 Å². The number of ether oxygens (including phenoxy) is 3. The first kappa shape index (κ1) is 55.8. The van der Waals surface area contributed by atoms with Crippen molar-refractivity contribution in [2.75, 3.05) is 20.2 Å². The summed E-state index contributed by atoms with van der Waals surface area (Å²) in [5, 5.41) is -0.309. The maximum Gasteiger partial charge on any atom is 0.412 e. The smallest absolute Gasteiger partial charge is 0.412 e. The van der Waals surface area contributed by atoms with E-state index in [4.69, 9.17) is 27.5 Å². The number of carbonyl (C=O) groups excluding carboxylic acids is 2. The van der Waals surface area contributed by atoms with Gasteiger partial charge in [0.1, 0.15) is 17.1 Å². The highest BCUT2D eigenvalue weighted by Gasteiger charge is 2.68. The lowest BCUT2D eigenvalue weighted by molar-refractivity contribution is -0.185. The molecule has 0 bridgehead atoms. The Balaban J connectivity index is 1.92. The summed E-state index contributed by atoms with van der Waals surface area (Å²) in [7, 11) is -5.37. The van der Waals surface area contributed by atoms with Crippen LogP contribution in [0.1, 0.15) is 173 Å². The van der Waals surface area contributed by atoms with E-state index in [9.17, 15) is 12.3 Å². The van der Waals surface area contributed by atoms with Crippen molar-refractivity contribution in [2.24, 2.45) is 45.8 Å². The number of allylic oxidation sites excluding steroid dienone is 2. The molecule has 0 aromatic rings. The first-order chi connectivity index (χ1) is 31.5. The quantitative estimate of drug-likeness (QED) is 0.0858. The first-order valence-electron chi connectivity index (χ1n) is 27.6. The first-order valence-corrected chi connectivity index (χ1v) is 34.9. The van der Waals surface area contributed by atoms with Crippen molar-refractivity contribution in [3.63, 3.8) is 0 Å². The van der Waals surface area contributed by atoms with Gasteiger partial charge >= 0.3 is 6.09 Å². The van der Waals surface area contributed by atoms with Gasteiger partial charge in [0.25, 0.3) is 0 Å². The lowest BCUT2D eigenvalue weighted by Crippen LogP contribution is -2.67. The van der Waals surface area contributed by atoms with Crippen LogP contribution in [0.5, 0.6) is 0 Å². The van der Waals surface area contributed by atoms with Gasteiger partial charge in [0.15, 0.2) is 25.0 Å². The van der Waals surface area contributed by atoms with E-state index >= 15 is 0 Å². The molecule has 1 aliphatic heterocycles. The molecular weight excluding hydrogens is 899 g/mol. The number of methoxy groups -OCH3 is 1. The van der Waals surface area contributed by atoms with E-state index in [1.165, 1.54) is 0 Å². The van der Waals surface area contributed by atoms with Crippen molar-refractivity contribution in [1.29, 1.82) is 0 Å². The molecule has 0 aromatic heterocycles. The highest BCUT2D eigenvalue weighted by molar-refractivity contribution is 6.74. The number of hydrogen-bond acceptors (Lipinski definition) is 8. The second kappa shape index (κ2) is 20.8. The minimum atomic E-state index is -2.64. The third kappa shape index (κ3) is 12.3. The Morgan fingerprint density at radius 1 is 0.882 bits per heavy atom. The van der Waals surface area contributed by atoms with E-state index in [0.717, 1.165) is 37.4 Å². The summed E-state index contributed by atoms with van der Waals surface area (Å²) in [6, 6.07) is 3.28. The zero-order valence-corrected chi connectivity index (χ0v) is 51.0. The van der Waals surface area contributed by atoms with E-state index in [1.807, 2.05) is 41.5 Å². The SMILES string of the molecule is [2H]C([2H])(C[C@@]1(C)[C@H]2[C@@H](O[Si](C)(C)C(C)(C)C)C[C@H]3[C@@H](C[C@@H](C)C[C@H]3O[Si](CC)(CC)CC)[C@]2(C)C=C(OC)[C@@]1(C)C#CC(=O)C[C@@H](C)C[C@@H]1CN(C(=O)OC(C)(C)C)C(C)(C)O1)O[Si](C)(C)C(C)(C)C. The second-order valence-corrected chi connectivity index (χ2v) is 41.4. The Hall–Kier alpha value is -1.47. The van der Waals surface area contributed by atoms with Crippen LogP contribution in [0.2, 0.25) is 54.4 Å². The Labute approximate surface area is 423 Å². The largest absolute Gasteiger partial charge is 0.500 e. The van der Waals surface area contributed by atoms with Crippen molar-refractivity contribution in [3.05, 3.63) is 11.8 Å². The van der Waals surface area contributed by atoms with Crippen LogP contribution in [0.25, 0.3) is 0 Å². The Kier molecular flexibility index (Phi) is 17.1. The van der Waals surface area contributed by atoms with Crippen LogP contribution in [0, 0.1) is 57.7 Å². The fourth-order valence-corrected chi connectivity index (χ4v) is 17.1. The van der Waals surface area contributed by atoms with Gasteiger partial charge in [-0.05, 0) is 175 Å². The highest BCUT2D eigenvalue weighted by atomic mass is 28.4. The summed E-state index contributed by atoms with van der Waals surface area (Å²) in [6.07, 6.45) is 5.21. The molecule has 11 atom stereocenters. The molecule has 3 aliphatic carbocycles. The summed E-state index contributed by atoms with van der Waals surface area (Å²) >= 11 is 0. The lowest BCUT2D eigenvalue weighted by Gasteiger charge is -2.67. The van der Waals surface area contributed by atoms with E-state index < -0.39 is 65.2 Å². The molecule has 1 saturated heterocycles. The van der Waals surface area contributed by atoms with Crippen molar-refractivity contribution in [2.45, 2.75) is 254 Å². The molecule has 0 spiro atoms. The van der Waals surface area contributed by atoms with E-state index in [-0.39, 0.29) is 70.7 Å². The monoisotopic (exact) mass is 1000 g/mol. The maximum atomic E-state index is 14.3. The summed E-state index contributed by atoms with van der Waals surface area (Å²) in [5.41, 5.74) is -4.06. The molecule has 0 N–H and O–H groups in total. The van der Waals surface area contributed by atoms with Crippen LogP contribution in [-0.4, -0.2) is 91.6 Å². The van der Waals surface area contributed by atoms with E-state index in [0.29, 0.717) is 24.6 Å². The van der Waals surface area contributed by atoms with Crippen LogP contribution in [0.15, 0.2) is 11.8 Å². The molecule has 0 aromatic carbocycles. The van der Waals surface area contributed by atoms with E-state index in [2.05, 4.69) is 134 Å². The summed E-state index contributed by atoms with van der Waals surface area (Å²) < 4.78 is 61.0. The highest BCUT2D eigenvalue weighted by Crippen LogP contribution is 2.70. The Bertz CT molecular complexity index is 1950. The minimum Gasteiger partial charge on any atom is -0.500 e. The van der Waals surface area contributed by atoms with Crippen molar-refractivity contribution in [3.8, 4) is 11.8 Å². The van der Waals surface area contributed by atoms with Crippen LogP contribution in [-0.2, 0) is 32.3 Å². The zero-order chi connectivity index (χ0) is 53.9. The standard InChI is InChI=1S/C56H103NO8Si3/c1-25-68(26-2,27-3)65-45-35-40(5)34-44-43(45)36-46(64-67(23,24)52(12,13)14)48-54(44,17)37-47(60-20)55(18,56(48,19)30-31-61-66(21,22)51(9,10)11)29-28-41(58)32-39(4)33-42-38-57(53(15,16)62-42)49(59)63-50(6,7)8/h37,39-40,42-46,48H,25-27,30-36,38H2,1-24H3/t39-,40-,42-,43+,44-,45-,46+,48+,54+,55-,56+/m1/s1/i31D2. The average Bonchev–Trinajstić information content (AvgIpc) is 3.48. The van der Waals surface area contributed by atoms with Crippen molar-refractivity contribution >= 4 is 36.8 Å². The predicted molar refractivity (Wildman–Crippen MR) is 288 cm³/mol. The second-order valence-electron chi connectivity index (χ2n) is 27.2. The summed E-state index contributed by atoms with van der Waals surface area (Å²) in [4.78, 5) is 29.1. The third-order valence-electron chi connectivity index (χ3n) is 18.5. The molecule has 9 nitrogen and oxygen atoms in total. The average molecular weight is 1000 g/mol. The number of nitrogens with zero attached hydrogens (tertiary/aromatic N) is 1. The number of carbonyl (C=O) groups is 2. The van der Waals surface area contributed by atoms with Gasteiger partial charge in [-0.15, -0.1) is 0 Å². The summed E-state index contributed by atoms with van der Waals surface area (Å²) in [5.74, 6) is 7.84. The normalized spacial score (nSPS) is 33.5. The molecule has 12 heteroatoms. The van der Waals surface area contributed by atoms with Gasteiger partial charge in [0.05, 0.1) is 27.9 Å². The van der Waals surface area contributed by atoms with Crippen LogP contribution < -0.4 is 0 Å². The molecule has 2 saturated carbocycles. The van der Waals surface area contributed by atoms with E-state index in [1.54, 1.807) is 12.0 Å². The van der Waals surface area contributed by atoms with Crippen LogP contribution in [0.3, 0.4) is 0 Å². The summed E-state index contributed by atoms with van der Waals surface area (Å²) in [6.45, 7) is 48.0. The van der Waals surface area contributed by atoms with Crippen molar-refractivity contribution < 1.29 is 39.8 Å². The predicted octanol–water partition coefficient (Wildman–Crippen LogP) is 14.8. The molecule has 4 rings (SSSR count). The Morgan fingerprint density at radius 2 is 1.46 bits per heavy atom. The molecule has 392 valence electrons. The number of hydrogen-bond donors (Lipinski definition) is 0. The third-order valence-corrected chi connectivity index (χ3v) is 32.0. The van der Waals surface area contributed by atoms with Gasteiger partial charge in [-0.2, -0.15) is 0 Å². The molecule has 0 radical (unpaired) electrons. The van der Waals surface area contributed by atoms with Gasteiger partial charge in [-0.1, -0.05) is 95.9 Å². The molecule has 3 fully saturated rings. The molecule has 1 heterocycles. The van der Waals surface area contributed by atoms with Crippen molar-refractivity contribution in [1.82, 2.24) is 4.90 Å². The van der Waals surface area contributed by atoms with Crippen LogP contribution in [0.4, 0.5) is 4.79 Å². The lowest BCUT2D eigenvalue weighted by atomic mass is 9.39. The van der Waals surface area contributed by atoms with Gasteiger partial charge in [-0.25, -0.2) is 4.79 Å².